The molecule has 3 aliphatic rings. The molecule has 5 rings (SSSR count). The molecule has 0 radical (unpaired) electrons. The first kappa shape index (κ1) is 20.0. The second-order valence-electron chi connectivity index (χ2n) is 7.88. The van der Waals surface area contributed by atoms with Crippen LogP contribution in [0.15, 0.2) is 71.8 Å². The van der Waals surface area contributed by atoms with E-state index in [1.807, 2.05) is 23.1 Å². The topological polar surface area (TPSA) is 63.4 Å². The van der Waals surface area contributed by atoms with E-state index in [-0.39, 0.29) is 17.3 Å². The molecule has 0 aliphatic carbocycles. The summed E-state index contributed by atoms with van der Waals surface area (Å²) in [5.41, 5.74) is 2.10. The lowest BCUT2D eigenvalue weighted by atomic mass is 10.1. The van der Waals surface area contributed by atoms with Crippen molar-refractivity contribution in [3.8, 4) is 16.9 Å². The van der Waals surface area contributed by atoms with Crippen LogP contribution in [0.3, 0.4) is 0 Å². The average Bonchev–Trinajstić information content (AvgIpc) is 3.15. The molecule has 2 aromatic rings. The molecule has 1 saturated heterocycles. The van der Waals surface area contributed by atoms with Crippen LogP contribution in [0.1, 0.15) is 10.4 Å². The van der Waals surface area contributed by atoms with E-state index in [4.69, 9.17) is 0 Å². The van der Waals surface area contributed by atoms with Crippen molar-refractivity contribution in [3.63, 3.8) is 0 Å². The van der Waals surface area contributed by atoms with Crippen LogP contribution in [0.5, 0.6) is 0 Å². The average molecular weight is 431 g/mol. The van der Waals surface area contributed by atoms with Crippen LogP contribution >= 0.6 is 0 Å². The predicted octanol–water partition coefficient (Wildman–Crippen LogP) is 2.78. The number of aromatic nitrogens is 3. The van der Waals surface area contributed by atoms with Gasteiger partial charge in [0, 0.05) is 45.6 Å². The summed E-state index contributed by atoms with van der Waals surface area (Å²) in [6, 6.07) is 15.8. The normalized spacial score (nSPS) is 14.2. The Labute approximate surface area is 184 Å². The zero-order valence-electron chi connectivity index (χ0n) is 17.6. The van der Waals surface area contributed by atoms with Gasteiger partial charge in [0.15, 0.2) is 0 Å². The van der Waals surface area contributed by atoms with Gasteiger partial charge in [-0.05, 0) is 24.3 Å². The van der Waals surface area contributed by atoms with E-state index < -0.39 is 0 Å². The third kappa shape index (κ3) is 3.43. The first-order valence-corrected chi connectivity index (χ1v) is 10.5. The van der Waals surface area contributed by atoms with Crippen LogP contribution in [-0.2, 0) is 7.05 Å². The third-order valence-corrected chi connectivity index (χ3v) is 5.79. The summed E-state index contributed by atoms with van der Waals surface area (Å²) in [6.45, 7) is 1.97. The maximum Gasteiger partial charge on any atom is 0.282 e. The van der Waals surface area contributed by atoms with Gasteiger partial charge in [0.1, 0.15) is 11.5 Å². The molecule has 7 nitrogen and oxygen atoms in total. The van der Waals surface area contributed by atoms with Crippen molar-refractivity contribution in [2.75, 3.05) is 31.1 Å². The van der Waals surface area contributed by atoms with E-state index in [2.05, 4.69) is 5.10 Å². The highest BCUT2D eigenvalue weighted by atomic mass is 19.1. The molecular weight excluding hydrogens is 409 g/mol. The number of benzene rings is 2. The number of para-hydroxylation sites is 2. The van der Waals surface area contributed by atoms with Gasteiger partial charge in [-0.25, -0.2) is 4.39 Å². The predicted molar refractivity (Wildman–Crippen MR) is 120 cm³/mol. The van der Waals surface area contributed by atoms with Gasteiger partial charge in [0.05, 0.1) is 22.5 Å². The maximum absolute atomic E-state index is 14.1. The summed E-state index contributed by atoms with van der Waals surface area (Å²) in [5.74, 6) is -0.449. The molecular formula is C24H22FN5O2. The SMILES string of the molecule is Cn1cc(C(=O)N2CCN(c3ccccc3F)CC2)c2nn(-c3ccccc3)c(=O)c-2c1. The quantitative estimate of drug-likeness (QED) is 0.501. The van der Waals surface area contributed by atoms with Gasteiger partial charge >= 0.3 is 0 Å². The summed E-state index contributed by atoms with van der Waals surface area (Å²) in [7, 11) is 1.78. The van der Waals surface area contributed by atoms with E-state index in [0.29, 0.717) is 54.4 Å². The van der Waals surface area contributed by atoms with Gasteiger partial charge in [0.25, 0.3) is 11.5 Å². The Kier molecular flexibility index (Phi) is 4.97. The molecule has 8 heteroatoms. The number of halogens is 1. The third-order valence-electron chi connectivity index (χ3n) is 5.79. The number of carbonyl (C=O) groups is 1. The van der Waals surface area contributed by atoms with Crippen molar-refractivity contribution >= 4 is 11.6 Å². The largest absolute Gasteiger partial charge is 0.366 e. The Morgan fingerprint density at radius 2 is 1.62 bits per heavy atom. The Balaban J connectivity index is 1.44. The minimum atomic E-state index is -0.265. The molecule has 0 saturated carbocycles. The fourth-order valence-corrected chi connectivity index (χ4v) is 4.17. The minimum Gasteiger partial charge on any atom is -0.366 e. The van der Waals surface area contributed by atoms with Crippen LogP contribution in [0.25, 0.3) is 16.9 Å². The van der Waals surface area contributed by atoms with Crippen molar-refractivity contribution in [2.24, 2.45) is 7.05 Å². The van der Waals surface area contributed by atoms with E-state index in [1.165, 1.54) is 10.7 Å². The number of hydrogen-bond acceptors (Lipinski definition) is 4. The highest BCUT2D eigenvalue weighted by molar-refractivity contribution is 6.00. The molecule has 162 valence electrons. The van der Waals surface area contributed by atoms with Crippen molar-refractivity contribution in [2.45, 2.75) is 0 Å². The Morgan fingerprint density at radius 3 is 2.34 bits per heavy atom. The Morgan fingerprint density at radius 1 is 0.938 bits per heavy atom. The zero-order chi connectivity index (χ0) is 22.2. The second-order valence-corrected chi connectivity index (χ2v) is 7.88. The van der Waals surface area contributed by atoms with Gasteiger partial charge in [-0.1, -0.05) is 30.3 Å². The van der Waals surface area contributed by atoms with Gasteiger partial charge in [-0.2, -0.15) is 9.78 Å². The smallest absolute Gasteiger partial charge is 0.282 e. The van der Waals surface area contributed by atoms with Gasteiger partial charge < -0.3 is 14.4 Å². The number of rotatable bonds is 3. The van der Waals surface area contributed by atoms with Crippen LogP contribution in [0.4, 0.5) is 10.1 Å². The zero-order valence-corrected chi connectivity index (χ0v) is 17.6. The molecule has 1 fully saturated rings. The van der Waals surface area contributed by atoms with Crippen LogP contribution in [0, 0.1) is 5.82 Å². The first-order valence-electron chi connectivity index (χ1n) is 10.5. The highest BCUT2D eigenvalue weighted by Crippen LogP contribution is 2.25. The van der Waals surface area contributed by atoms with Crippen LogP contribution in [-0.4, -0.2) is 51.3 Å². The van der Waals surface area contributed by atoms with Crippen molar-refractivity contribution in [1.29, 1.82) is 0 Å². The molecule has 0 aromatic heterocycles. The molecule has 0 N–H and O–H groups in total. The Bertz CT molecular complexity index is 1310. The molecule has 3 heterocycles. The maximum atomic E-state index is 14.1. The Hall–Kier alpha value is -3.94. The minimum absolute atomic E-state index is 0.183. The summed E-state index contributed by atoms with van der Waals surface area (Å²) in [4.78, 5) is 30.1. The number of nitrogens with zero attached hydrogens (tertiary/aromatic N) is 5. The standard InChI is InChI=1S/C24H22FN5O2/c1-27-15-18(22-19(16-27)24(32)30(26-22)17-7-3-2-4-8-17)23(31)29-13-11-28(12-14-29)21-10-6-5-9-20(21)25/h2-10,15-16H,11-14H2,1H3. The lowest BCUT2D eigenvalue weighted by Gasteiger charge is -2.36. The van der Waals surface area contributed by atoms with Crippen LogP contribution in [0.2, 0.25) is 0 Å². The van der Waals surface area contributed by atoms with Gasteiger partial charge in [-0.3, -0.25) is 9.59 Å². The number of aryl methyl sites for hydroxylation is 1. The number of amides is 1. The second kappa shape index (κ2) is 7.96. The fraction of sp³-hybridized carbons (Fsp3) is 0.208. The molecule has 1 amide bonds. The number of piperazine rings is 1. The van der Waals surface area contributed by atoms with E-state index >= 15 is 0 Å². The number of carbonyl (C=O) groups excluding carboxylic acids is 1. The molecule has 3 aliphatic heterocycles. The van der Waals surface area contributed by atoms with E-state index in [9.17, 15) is 14.0 Å². The monoisotopic (exact) mass is 431 g/mol. The highest BCUT2D eigenvalue weighted by Gasteiger charge is 2.29. The van der Waals surface area contributed by atoms with Crippen LogP contribution < -0.4 is 10.5 Å². The lowest BCUT2D eigenvalue weighted by molar-refractivity contribution is 0.0746. The fourth-order valence-electron chi connectivity index (χ4n) is 4.17. The summed E-state index contributed by atoms with van der Waals surface area (Å²) >= 11 is 0. The summed E-state index contributed by atoms with van der Waals surface area (Å²) in [5, 5.41) is 4.50. The first-order chi connectivity index (χ1) is 15.5. The molecule has 0 unspecified atom stereocenters. The lowest BCUT2D eigenvalue weighted by Crippen LogP contribution is -2.49. The number of anilines is 1. The molecule has 0 atom stereocenters. The number of pyridine rings is 1. The molecule has 2 aromatic carbocycles. The van der Waals surface area contributed by atoms with E-state index in [0.717, 1.165) is 0 Å². The van der Waals surface area contributed by atoms with Gasteiger partial charge in [0.2, 0.25) is 0 Å². The number of hydrogen-bond donors (Lipinski definition) is 0. The summed E-state index contributed by atoms with van der Waals surface area (Å²) < 4.78 is 17.2. The molecule has 32 heavy (non-hydrogen) atoms. The van der Waals surface area contributed by atoms with Crippen molar-refractivity contribution in [1.82, 2.24) is 19.2 Å². The van der Waals surface area contributed by atoms with Crippen molar-refractivity contribution in [3.05, 3.63) is 88.7 Å². The number of fused-ring (bicyclic) bond motifs is 1. The van der Waals surface area contributed by atoms with E-state index in [1.54, 1.807) is 59.2 Å². The molecule has 0 bridgehead atoms. The van der Waals surface area contributed by atoms with Gasteiger partial charge in [-0.15, -0.1) is 0 Å². The summed E-state index contributed by atoms with van der Waals surface area (Å²) in [6.07, 6.45) is 3.40. The molecule has 0 spiro atoms. The van der Waals surface area contributed by atoms with Crippen molar-refractivity contribution < 1.29 is 9.18 Å².